The average molecular weight is 448 g/mol. The maximum absolute atomic E-state index is 11.1. The highest BCUT2D eigenvalue weighted by molar-refractivity contribution is 7.80. The van der Waals surface area contributed by atoms with E-state index in [1.807, 2.05) is 36.7 Å². The molecule has 5 rings (SSSR count). The van der Waals surface area contributed by atoms with E-state index in [-0.39, 0.29) is 22.7 Å². The number of benzene rings is 1. The van der Waals surface area contributed by atoms with E-state index < -0.39 is 0 Å². The summed E-state index contributed by atoms with van der Waals surface area (Å²) in [5.41, 5.74) is 3.01. The van der Waals surface area contributed by atoms with E-state index in [0.717, 1.165) is 35.0 Å². The number of nitrogens with zero attached hydrogens (tertiary/aromatic N) is 4. The van der Waals surface area contributed by atoms with Gasteiger partial charge < -0.3 is 14.8 Å². The van der Waals surface area contributed by atoms with Crippen LogP contribution < -0.4 is 5.32 Å². The van der Waals surface area contributed by atoms with Crippen molar-refractivity contribution in [2.75, 3.05) is 0 Å². The molecule has 7 nitrogen and oxygen atoms in total. The van der Waals surface area contributed by atoms with Crippen molar-refractivity contribution < 1.29 is 4.92 Å². The average Bonchev–Trinajstić information content (AvgIpc) is 3.44. The van der Waals surface area contributed by atoms with Gasteiger partial charge in [0, 0.05) is 41.9 Å². The first kappa shape index (κ1) is 20.6. The minimum atomic E-state index is -0.373. The fourth-order valence-electron chi connectivity index (χ4n) is 5.04. The summed E-state index contributed by atoms with van der Waals surface area (Å²) in [6, 6.07) is 17.1. The highest BCUT2D eigenvalue weighted by atomic mass is 32.1. The molecule has 0 bridgehead atoms. The second kappa shape index (κ2) is 8.70. The molecule has 1 saturated heterocycles. The minimum absolute atomic E-state index is 0.0225. The summed E-state index contributed by atoms with van der Waals surface area (Å²) in [6.07, 6.45) is 9.79. The third kappa shape index (κ3) is 3.75. The summed E-state index contributed by atoms with van der Waals surface area (Å²) in [4.78, 5) is 17.7. The first-order valence-electron chi connectivity index (χ1n) is 11.1. The molecule has 32 heavy (non-hydrogen) atoms. The molecule has 8 heteroatoms. The normalized spacial score (nSPS) is 21.5. The monoisotopic (exact) mass is 447 g/mol. The first-order valence-corrected chi connectivity index (χ1v) is 11.5. The van der Waals surface area contributed by atoms with E-state index in [9.17, 15) is 10.1 Å². The SMILES string of the molecule is O=[N+]([O-])c1ccc(-n2cccc2C2C(c3ccccn3)NC(=S)N2C2CCCCC2)cc1. The third-order valence-corrected chi connectivity index (χ3v) is 6.85. The van der Waals surface area contributed by atoms with Crippen molar-refractivity contribution in [1.29, 1.82) is 0 Å². The van der Waals surface area contributed by atoms with Gasteiger partial charge in [0.05, 0.1) is 22.7 Å². The van der Waals surface area contributed by atoms with Crippen LogP contribution in [-0.2, 0) is 0 Å². The van der Waals surface area contributed by atoms with E-state index in [2.05, 4.69) is 25.8 Å². The van der Waals surface area contributed by atoms with Gasteiger partial charge in [-0.15, -0.1) is 0 Å². The lowest BCUT2D eigenvalue weighted by molar-refractivity contribution is -0.384. The molecule has 1 aliphatic heterocycles. The largest absolute Gasteiger partial charge is 0.352 e. The van der Waals surface area contributed by atoms with Gasteiger partial charge >= 0.3 is 0 Å². The number of hydrogen-bond donors (Lipinski definition) is 1. The van der Waals surface area contributed by atoms with Crippen LogP contribution in [0.3, 0.4) is 0 Å². The van der Waals surface area contributed by atoms with Crippen LogP contribution in [0.25, 0.3) is 5.69 Å². The van der Waals surface area contributed by atoms with Crippen molar-refractivity contribution in [3.8, 4) is 5.69 Å². The topological polar surface area (TPSA) is 76.2 Å². The molecule has 1 N–H and O–H groups in total. The van der Waals surface area contributed by atoms with Gasteiger partial charge in [0.1, 0.15) is 0 Å². The zero-order valence-corrected chi connectivity index (χ0v) is 18.4. The Morgan fingerprint density at radius 3 is 2.50 bits per heavy atom. The molecule has 3 heterocycles. The number of pyridine rings is 1. The zero-order valence-electron chi connectivity index (χ0n) is 17.6. The highest BCUT2D eigenvalue weighted by Crippen LogP contribution is 2.43. The lowest BCUT2D eigenvalue weighted by atomic mass is 9.92. The Hall–Kier alpha value is -3.26. The van der Waals surface area contributed by atoms with Crippen LogP contribution in [-0.4, -0.2) is 30.5 Å². The minimum Gasteiger partial charge on any atom is -0.352 e. The van der Waals surface area contributed by atoms with Crippen LogP contribution in [0.1, 0.15) is 55.6 Å². The van der Waals surface area contributed by atoms with Gasteiger partial charge in [-0.05, 0) is 61.5 Å². The van der Waals surface area contributed by atoms with Crippen molar-refractivity contribution in [2.45, 2.75) is 50.2 Å². The van der Waals surface area contributed by atoms with Crippen molar-refractivity contribution in [3.63, 3.8) is 0 Å². The van der Waals surface area contributed by atoms with Gasteiger partial charge in [-0.25, -0.2) is 0 Å². The fraction of sp³-hybridized carbons (Fsp3) is 0.333. The lowest BCUT2D eigenvalue weighted by Crippen LogP contribution is -2.40. The number of aromatic nitrogens is 2. The summed E-state index contributed by atoms with van der Waals surface area (Å²) in [6.45, 7) is 0. The third-order valence-electron chi connectivity index (χ3n) is 6.53. The fourth-order valence-corrected chi connectivity index (χ4v) is 5.43. The van der Waals surface area contributed by atoms with Gasteiger partial charge in [-0.2, -0.15) is 0 Å². The van der Waals surface area contributed by atoms with Crippen LogP contribution in [0.5, 0.6) is 0 Å². The molecule has 2 aromatic heterocycles. The van der Waals surface area contributed by atoms with Crippen molar-refractivity contribution >= 4 is 23.0 Å². The molecule has 2 atom stereocenters. The number of thiocarbonyl (C=S) groups is 1. The Kier molecular flexibility index (Phi) is 5.61. The number of nitro benzene ring substituents is 1. The maximum atomic E-state index is 11.1. The molecule has 2 fully saturated rings. The van der Waals surface area contributed by atoms with E-state index in [1.165, 1.54) is 19.3 Å². The molecular formula is C24H25N5O2S. The lowest BCUT2D eigenvalue weighted by Gasteiger charge is -2.37. The second-order valence-electron chi connectivity index (χ2n) is 8.40. The number of nitrogens with one attached hydrogen (secondary N) is 1. The summed E-state index contributed by atoms with van der Waals surface area (Å²) in [7, 11) is 0. The van der Waals surface area contributed by atoms with Crippen LogP contribution in [0.4, 0.5) is 5.69 Å². The molecule has 164 valence electrons. The van der Waals surface area contributed by atoms with E-state index in [1.54, 1.807) is 24.3 Å². The Balaban J connectivity index is 1.58. The van der Waals surface area contributed by atoms with Gasteiger partial charge in [-0.3, -0.25) is 15.1 Å². The van der Waals surface area contributed by atoms with Crippen molar-refractivity contribution in [2.24, 2.45) is 0 Å². The molecule has 1 aromatic carbocycles. The quantitative estimate of drug-likeness (QED) is 0.334. The van der Waals surface area contributed by atoms with Gasteiger partial charge in [-0.1, -0.05) is 25.3 Å². The molecule has 0 radical (unpaired) electrons. The van der Waals surface area contributed by atoms with Crippen LogP contribution in [0, 0.1) is 10.1 Å². The second-order valence-corrected chi connectivity index (χ2v) is 8.79. The standard InChI is InChI=1S/C24H25N5O2S/c30-29(31)19-13-11-17(12-14-19)27-16-6-10-21(27)23-22(20-9-4-5-15-25-20)26-24(32)28(23)18-7-2-1-3-8-18/h4-6,9-16,18,22-23H,1-3,7-8H2,(H,26,32). The summed E-state index contributed by atoms with van der Waals surface area (Å²) < 4.78 is 2.11. The molecule has 2 aliphatic rings. The van der Waals surface area contributed by atoms with Gasteiger partial charge in [0.25, 0.3) is 5.69 Å². The molecule has 1 saturated carbocycles. The molecule has 1 aliphatic carbocycles. The zero-order chi connectivity index (χ0) is 22.1. The summed E-state index contributed by atoms with van der Waals surface area (Å²) in [5, 5.41) is 15.4. The number of rotatable bonds is 5. The molecular weight excluding hydrogens is 422 g/mol. The number of hydrogen-bond acceptors (Lipinski definition) is 4. The molecule has 0 amide bonds. The van der Waals surface area contributed by atoms with Crippen molar-refractivity contribution in [3.05, 3.63) is 88.5 Å². The highest BCUT2D eigenvalue weighted by Gasteiger charge is 2.44. The maximum Gasteiger partial charge on any atom is 0.269 e. The van der Waals surface area contributed by atoms with Crippen LogP contribution in [0.2, 0.25) is 0 Å². The van der Waals surface area contributed by atoms with E-state index in [4.69, 9.17) is 12.2 Å². The summed E-state index contributed by atoms with van der Waals surface area (Å²) in [5.74, 6) is 0. The summed E-state index contributed by atoms with van der Waals surface area (Å²) >= 11 is 5.86. The Morgan fingerprint density at radius 1 is 1.03 bits per heavy atom. The first-order chi connectivity index (χ1) is 15.6. The van der Waals surface area contributed by atoms with Gasteiger partial charge in [0.15, 0.2) is 5.11 Å². The predicted molar refractivity (Wildman–Crippen MR) is 127 cm³/mol. The number of non-ortho nitro benzene ring substituents is 1. The van der Waals surface area contributed by atoms with E-state index >= 15 is 0 Å². The molecule has 0 spiro atoms. The smallest absolute Gasteiger partial charge is 0.269 e. The van der Waals surface area contributed by atoms with Crippen LogP contribution in [0.15, 0.2) is 67.0 Å². The molecule has 3 aromatic rings. The predicted octanol–water partition coefficient (Wildman–Crippen LogP) is 5.09. The number of nitro groups is 1. The Labute approximate surface area is 192 Å². The Bertz CT molecular complexity index is 1110. The van der Waals surface area contributed by atoms with Gasteiger partial charge in [0.2, 0.25) is 0 Å². The Morgan fingerprint density at radius 2 is 1.81 bits per heavy atom. The van der Waals surface area contributed by atoms with Crippen LogP contribution >= 0.6 is 12.2 Å². The van der Waals surface area contributed by atoms with E-state index in [0.29, 0.717) is 6.04 Å². The van der Waals surface area contributed by atoms with Crippen molar-refractivity contribution in [1.82, 2.24) is 19.8 Å². The molecule has 2 unspecified atom stereocenters.